The van der Waals surface area contributed by atoms with Gasteiger partial charge in [0.15, 0.2) is 11.5 Å². The molecule has 0 aliphatic carbocycles. The third-order valence-corrected chi connectivity index (χ3v) is 3.97. The minimum Gasteiger partial charge on any atom is -0.504 e. The Morgan fingerprint density at radius 1 is 1.31 bits per heavy atom. The maximum absolute atomic E-state index is 12.1. The number of rotatable bonds is 5. The first-order valence-electron chi connectivity index (χ1n) is 8.13. The standard InChI is InChI=1S/C18H20N4O4/c1-26-16-6-5-12(9-15(16)23)11-20-17(24)21-13-3-2-4-14(10-13)22-8-7-19-18(22)25/h2-6,9-10,23H,7-8,11H2,1H3,(H,19,25)(H2,20,21,24). The number of carbonyl (C=O) groups excluding carboxylic acids is 2. The zero-order valence-electron chi connectivity index (χ0n) is 14.3. The van der Waals surface area contributed by atoms with Gasteiger partial charge in [0.1, 0.15) is 0 Å². The van der Waals surface area contributed by atoms with Gasteiger partial charge < -0.3 is 25.8 Å². The van der Waals surface area contributed by atoms with Crippen molar-refractivity contribution in [2.45, 2.75) is 6.54 Å². The monoisotopic (exact) mass is 356 g/mol. The average molecular weight is 356 g/mol. The fraction of sp³-hybridized carbons (Fsp3) is 0.222. The van der Waals surface area contributed by atoms with Crippen LogP contribution in [0.5, 0.6) is 11.5 Å². The van der Waals surface area contributed by atoms with Gasteiger partial charge in [-0.25, -0.2) is 9.59 Å². The second-order valence-electron chi connectivity index (χ2n) is 5.75. The zero-order valence-corrected chi connectivity index (χ0v) is 14.3. The Balaban J connectivity index is 1.58. The highest BCUT2D eigenvalue weighted by Crippen LogP contribution is 2.26. The number of benzene rings is 2. The smallest absolute Gasteiger partial charge is 0.321 e. The molecule has 0 spiro atoms. The molecule has 0 saturated carbocycles. The summed E-state index contributed by atoms with van der Waals surface area (Å²) in [7, 11) is 1.47. The van der Waals surface area contributed by atoms with Gasteiger partial charge in [0.25, 0.3) is 0 Å². The van der Waals surface area contributed by atoms with Crippen LogP contribution in [0.25, 0.3) is 0 Å². The zero-order chi connectivity index (χ0) is 18.5. The molecule has 3 rings (SSSR count). The summed E-state index contributed by atoms with van der Waals surface area (Å²) >= 11 is 0. The van der Waals surface area contributed by atoms with Crippen LogP contribution in [0, 0.1) is 0 Å². The highest BCUT2D eigenvalue weighted by molar-refractivity contribution is 5.95. The molecule has 1 saturated heterocycles. The largest absolute Gasteiger partial charge is 0.504 e. The Morgan fingerprint density at radius 3 is 2.85 bits per heavy atom. The summed E-state index contributed by atoms with van der Waals surface area (Å²) in [6, 6.07) is 11.5. The molecule has 26 heavy (non-hydrogen) atoms. The first-order chi connectivity index (χ1) is 12.6. The summed E-state index contributed by atoms with van der Waals surface area (Å²) in [6.07, 6.45) is 0. The van der Waals surface area contributed by atoms with Gasteiger partial charge in [-0.3, -0.25) is 4.90 Å². The number of nitrogens with one attached hydrogen (secondary N) is 3. The van der Waals surface area contributed by atoms with Crippen molar-refractivity contribution >= 4 is 23.4 Å². The summed E-state index contributed by atoms with van der Waals surface area (Å²) in [6.45, 7) is 1.44. The van der Waals surface area contributed by atoms with E-state index in [0.717, 1.165) is 11.3 Å². The van der Waals surface area contributed by atoms with E-state index in [9.17, 15) is 14.7 Å². The van der Waals surface area contributed by atoms with Gasteiger partial charge in [0.05, 0.1) is 7.11 Å². The Kier molecular flexibility index (Phi) is 5.12. The van der Waals surface area contributed by atoms with E-state index in [1.54, 1.807) is 35.2 Å². The molecule has 0 bridgehead atoms. The molecule has 1 aliphatic heterocycles. The number of ether oxygens (including phenoxy) is 1. The summed E-state index contributed by atoms with van der Waals surface area (Å²) < 4.78 is 4.98. The lowest BCUT2D eigenvalue weighted by Crippen LogP contribution is -2.29. The number of urea groups is 2. The molecular formula is C18H20N4O4. The lowest BCUT2D eigenvalue weighted by molar-refractivity contribution is 0.251. The third-order valence-electron chi connectivity index (χ3n) is 3.97. The van der Waals surface area contributed by atoms with Gasteiger partial charge in [0.2, 0.25) is 0 Å². The van der Waals surface area contributed by atoms with E-state index < -0.39 is 0 Å². The predicted molar refractivity (Wildman–Crippen MR) is 97.7 cm³/mol. The molecule has 2 aromatic carbocycles. The van der Waals surface area contributed by atoms with E-state index in [4.69, 9.17) is 4.74 Å². The van der Waals surface area contributed by atoms with Gasteiger partial charge in [-0.15, -0.1) is 0 Å². The molecular weight excluding hydrogens is 336 g/mol. The van der Waals surface area contributed by atoms with Gasteiger partial charge in [-0.2, -0.15) is 0 Å². The summed E-state index contributed by atoms with van der Waals surface area (Å²) in [5.41, 5.74) is 2.04. The number of phenolic OH excluding ortho intramolecular Hbond substituents is 1. The molecule has 1 fully saturated rings. The lowest BCUT2D eigenvalue weighted by atomic mass is 10.2. The Labute approximate surface area is 150 Å². The number of methoxy groups -OCH3 is 1. The van der Waals surface area contributed by atoms with E-state index in [0.29, 0.717) is 24.5 Å². The van der Waals surface area contributed by atoms with Gasteiger partial charge in [0, 0.05) is 31.0 Å². The van der Waals surface area contributed by atoms with E-state index in [1.165, 1.54) is 13.2 Å². The van der Waals surface area contributed by atoms with Crippen molar-refractivity contribution in [3.63, 3.8) is 0 Å². The van der Waals surface area contributed by atoms with Crippen LogP contribution in [0.15, 0.2) is 42.5 Å². The van der Waals surface area contributed by atoms with Crippen molar-refractivity contribution in [3.8, 4) is 11.5 Å². The van der Waals surface area contributed by atoms with Crippen LogP contribution in [-0.4, -0.2) is 37.4 Å². The van der Waals surface area contributed by atoms with Crippen LogP contribution < -0.4 is 25.6 Å². The summed E-state index contributed by atoms with van der Waals surface area (Å²) in [5.74, 6) is 0.393. The van der Waals surface area contributed by atoms with Crippen molar-refractivity contribution in [1.29, 1.82) is 0 Å². The van der Waals surface area contributed by atoms with Crippen LogP contribution in [0.4, 0.5) is 21.0 Å². The van der Waals surface area contributed by atoms with E-state index in [2.05, 4.69) is 16.0 Å². The number of aromatic hydroxyl groups is 1. The van der Waals surface area contributed by atoms with E-state index in [-0.39, 0.29) is 24.4 Å². The van der Waals surface area contributed by atoms with Gasteiger partial charge in [-0.1, -0.05) is 12.1 Å². The molecule has 4 N–H and O–H groups in total. The van der Waals surface area contributed by atoms with Crippen LogP contribution >= 0.6 is 0 Å². The van der Waals surface area contributed by atoms with Gasteiger partial charge >= 0.3 is 12.1 Å². The van der Waals surface area contributed by atoms with Crippen molar-refractivity contribution < 1.29 is 19.4 Å². The predicted octanol–water partition coefficient (Wildman–Crippen LogP) is 2.25. The SMILES string of the molecule is COc1ccc(CNC(=O)Nc2cccc(N3CCNC3=O)c2)cc1O. The average Bonchev–Trinajstić information content (AvgIpc) is 3.06. The summed E-state index contributed by atoms with van der Waals surface area (Å²) in [4.78, 5) is 25.4. The van der Waals surface area contributed by atoms with Gasteiger partial charge in [-0.05, 0) is 35.9 Å². The number of anilines is 2. The molecule has 1 aliphatic rings. The molecule has 8 nitrogen and oxygen atoms in total. The molecule has 8 heteroatoms. The van der Waals surface area contributed by atoms with E-state index >= 15 is 0 Å². The quantitative estimate of drug-likeness (QED) is 0.660. The number of hydrogen-bond donors (Lipinski definition) is 4. The second kappa shape index (κ2) is 7.64. The minimum atomic E-state index is -0.386. The molecule has 2 aromatic rings. The molecule has 0 radical (unpaired) electrons. The first kappa shape index (κ1) is 17.4. The number of hydrogen-bond acceptors (Lipinski definition) is 4. The van der Waals surface area contributed by atoms with Crippen molar-refractivity contribution in [3.05, 3.63) is 48.0 Å². The van der Waals surface area contributed by atoms with Crippen LogP contribution in [-0.2, 0) is 6.54 Å². The molecule has 1 heterocycles. The maximum atomic E-state index is 12.1. The molecule has 136 valence electrons. The third kappa shape index (κ3) is 3.97. The number of carbonyl (C=O) groups is 2. The van der Waals surface area contributed by atoms with Crippen molar-refractivity contribution in [2.75, 3.05) is 30.4 Å². The Bertz CT molecular complexity index is 825. The van der Waals surface area contributed by atoms with Crippen LogP contribution in [0.3, 0.4) is 0 Å². The van der Waals surface area contributed by atoms with E-state index in [1.807, 2.05) is 6.07 Å². The highest BCUT2D eigenvalue weighted by atomic mass is 16.5. The van der Waals surface area contributed by atoms with Crippen LogP contribution in [0.1, 0.15) is 5.56 Å². The molecule has 0 aromatic heterocycles. The fourth-order valence-corrected chi connectivity index (χ4v) is 2.67. The molecule has 0 atom stereocenters. The number of amides is 4. The first-order valence-corrected chi connectivity index (χ1v) is 8.13. The Morgan fingerprint density at radius 2 is 2.15 bits per heavy atom. The molecule has 0 unspecified atom stereocenters. The van der Waals surface area contributed by atoms with Crippen LogP contribution in [0.2, 0.25) is 0 Å². The lowest BCUT2D eigenvalue weighted by Gasteiger charge is -2.15. The second-order valence-corrected chi connectivity index (χ2v) is 5.75. The molecule has 4 amide bonds. The normalized spacial score (nSPS) is 13.3. The fourth-order valence-electron chi connectivity index (χ4n) is 2.67. The highest BCUT2D eigenvalue weighted by Gasteiger charge is 2.21. The minimum absolute atomic E-state index is 0.0174. The summed E-state index contributed by atoms with van der Waals surface area (Å²) in [5, 5.41) is 17.9. The Hall–Kier alpha value is -3.42. The number of phenols is 1. The number of nitrogens with zero attached hydrogens (tertiary/aromatic N) is 1. The van der Waals surface area contributed by atoms with Crippen molar-refractivity contribution in [2.24, 2.45) is 0 Å². The van der Waals surface area contributed by atoms with Crippen molar-refractivity contribution in [1.82, 2.24) is 10.6 Å². The topological polar surface area (TPSA) is 103 Å². The maximum Gasteiger partial charge on any atom is 0.321 e.